The fourth-order valence-electron chi connectivity index (χ4n) is 0.750. The first-order chi connectivity index (χ1) is 5.88. The molecule has 1 heterocycles. The maximum absolute atomic E-state index is 10.7. The second-order valence-electron chi connectivity index (χ2n) is 2.37. The molecule has 0 fully saturated rings. The van der Waals surface area contributed by atoms with Crippen molar-refractivity contribution < 1.29 is 8.42 Å². The average Bonchev–Trinajstić information content (AvgIpc) is 1.94. The molecule has 72 valence electrons. The lowest BCUT2D eigenvalue weighted by Crippen LogP contribution is -2.15. The van der Waals surface area contributed by atoms with Gasteiger partial charge in [0.25, 0.3) is 0 Å². The van der Waals surface area contributed by atoms with Crippen molar-refractivity contribution in [1.82, 2.24) is 4.98 Å². The van der Waals surface area contributed by atoms with E-state index in [0.717, 1.165) is 0 Å². The fourth-order valence-corrected chi connectivity index (χ4v) is 1.77. The summed E-state index contributed by atoms with van der Waals surface area (Å²) in [6.45, 7) is 0. The van der Waals surface area contributed by atoms with Gasteiger partial charge in [0.05, 0.1) is 10.7 Å². The van der Waals surface area contributed by atoms with E-state index >= 15 is 0 Å². The Kier molecular flexibility index (Phi) is 3.13. The Morgan fingerprint density at radius 3 is 2.54 bits per heavy atom. The number of halogens is 2. The Labute approximate surface area is 85.7 Å². The van der Waals surface area contributed by atoms with Gasteiger partial charge in [-0.2, -0.15) is 0 Å². The minimum atomic E-state index is -3.62. The van der Waals surface area contributed by atoms with E-state index in [0.29, 0.717) is 0 Å². The predicted molar refractivity (Wildman–Crippen MR) is 51.1 cm³/mol. The Balaban J connectivity index is 3.08. The third kappa shape index (κ3) is 3.48. The van der Waals surface area contributed by atoms with Gasteiger partial charge < -0.3 is 0 Å². The quantitative estimate of drug-likeness (QED) is 0.790. The second kappa shape index (κ2) is 3.79. The van der Waals surface area contributed by atoms with Crippen LogP contribution >= 0.6 is 23.2 Å². The van der Waals surface area contributed by atoms with Crippen LogP contribution in [0.2, 0.25) is 10.2 Å². The summed E-state index contributed by atoms with van der Waals surface area (Å²) < 4.78 is 21.4. The van der Waals surface area contributed by atoms with Crippen molar-refractivity contribution in [2.75, 3.05) is 0 Å². The molecule has 0 saturated carbocycles. The van der Waals surface area contributed by atoms with E-state index in [9.17, 15) is 8.42 Å². The summed E-state index contributed by atoms with van der Waals surface area (Å²) in [7, 11) is -3.62. The van der Waals surface area contributed by atoms with Gasteiger partial charge >= 0.3 is 0 Å². The molecule has 0 saturated heterocycles. The molecule has 0 spiro atoms. The van der Waals surface area contributed by atoms with Crippen molar-refractivity contribution >= 4 is 33.2 Å². The van der Waals surface area contributed by atoms with E-state index in [1.807, 2.05) is 0 Å². The molecule has 0 radical (unpaired) electrons. The Morgan fingerprint density at radius 2 is 2.00 bits per heavy atom. The summed E-state index contributed by atoms with van der Waals surface area (Å²) in [6.07, 6.45) is 0. The predicted octanol–water partition coefficient (Wildman–Crippen LogP) is 1.18. The lowest BCUT2D eigenvalue weighted by Gasteiger charge is -2.01. The maximum atomic E-state index is 10.7. The van der Waals surface area contributed by atoms with Gasteiger partial charge in [-0.15, -0.1) is 0 Å². The van der Waals surface area contributed by atoms with E-state index in [-0.39, 0.29) is 15.9 Å². The van der Waals surface area contributed by atoms with Crippen molar-refractivity contribution in [3.63, 3.8) is 0 Å². The number of aromatic nitrogens is 1. The zero-order valence-corrected chi connectivity index (χ0v) is 8.70. The Morgan fingerprint density at radius 1 is 1.38 bits per heavy atom. The topological polar surface area (TPSA) is 73.1 Å². The maximum Gasteiger partial charge on any atom is 0.214 e. The summed E-state index contributed by atoms with van der Waals surface area (Å²) in [4.78, 5) is 3.73. The van der Waals surface area contributed by atoms with Crippen LogP contribution in [0.15, 0.2) is 12.1 Å². The highest BCUT2D eigenvalue weighted by atomic mass is 35.5. The molecule has 0 aromatic carbocycles. The number of sulfonamides is 1. The lowest BCUT2D eigenvalue weighted by atomic mass is 10.4. The summed E-state index contributed by atoms with van der Waals surface area (Å²) in [5.74, 6) is -0.410. The van der Waals surface area contributed by atoms with E-state index in [2.05, 4.69) is 4.98 Å². The summed E-state index contributed by atoms with van der Waals surface area (Å²) >= 11 is 11.2. The number of hydrogen-bond donors (Lipinski definition) is 1. The SMILES string of the molecule is NS(=O)(=O)Cc1nc(Cl)ccc1Cl. The molecule has 0 amide bonds. The van der Waals surface area contributed by atoms with Crippen LogP contribution in [0.25, 0.3) is 0 Å². The van der Waals surface area contributed by atoms with Gasteiger partial charge in [-0.1, -0.05) is 23.2 Å². The number of rotatable bonds is 2. The molecule has 2 N–H and O–H groups in total. The van der Waals surface area contributed by atoms with E-state index in [4.69, 9.17) is 28.3 Å². The van der Waals surface area contributed by atoms with Gasteiger partial charge in [0.1, 0.15) is 10.9 Å². The van der Waals surface area contributed by atoms with Crippen molar-refractivity contribution in [3.8, 4) is 0 Å². The average molecular weight is 241 g/mol. The fraction of sp³-hybridized carbons (Fsp3) is 0.167. The first-order valence-corrected chi connectivity index (χ1v) is 5.67. The number of pyridine rings is 1. The monoisotopic (exact) mass is 240 g/mol. The first-order valence-electron chi connectivity index (χ1n) is 3.20. The van der Waals surface area contributed by atoms with E-state index in [1.165, 1.54) is 12.1 Å². The number of nitrogens with zero attached hydrogens (tertiary/aromatic N) is 1. The van der Waals surface area contributed by atoms with Crippen LogP contribution in [0, 0.1) is 0 Å². The molecule has 1 aromatic heterocycles. The Bertz CT molecular complexity index is 419. The van der Waals surface area contributed by atoms with Gasteiger partial charge in [-0.05, 0) is 12.1 Å². The van der Waals surface area contributed by atoms with Gasteiger partial charge in [0, 0.05) is 0 Å². The van der Waals surface area contributed by atoms with Crippen LogP contribution in [0.3, 0.4) is 0 Å². The second-order valence-corrected chi connectivity index (χ2v) is 4.78. The molecule has 1 aromatic rings. The molecule has 7 heteroatoms. The van der Waals surface area contributed by atoms with E-state index in [1.54, 1.807) is 0 Å². The minimum Gasteiger partial charge on any atom is -0.238 e. The lowest BCUT2D eigenvalue weighted by molar-refractivity contribution is 0.596. The summed E-state index contributed by atoms with van der Waals surface area (Å²) in [6, 6.07) is 2.94. The van der Waals surface area contributed by atoms with Crippen molar-refractivity contribution in [2.24, 2.45) is 5.14 Å². The highest BCUT2D eigenvalue weighted by Crippen LogP contribution is 2.17. The molecule has 0 bridgehead atoms. The van der Waals surface area contributed by atoms with Crippen LogP contribution < -0.4 is 5.14 Å². The molecule has 0 unspecified atom stereocenters. The van der Waals surface area contributed by atoms with Crippen molar-refractivity contribution in [3.05, 3.63) is 28.0 Å². The number of hydrogen-bond acceptors (Lipinski definition) is 3. The van der Waals surface area contributed by atoms with Gasteiger partial charge in [-0.25, -0.2) is 18.5 Å². The first kappa shape index (κ1) is 10.7. The van der Waals surface area contributed by atoms with Crippen LogP contribution in [-0.4, -0.2) is 13.4 Å². The third-order valence-corrected chi connectivity index (χ3v) is 2.45. The summed E-state index contributed by atoms with van der Waals surface area (Å²) in [5.41, 5.74) is 0.164. The molecule has 13 heavy (non-hydrogen) atoms. The zero-order chi connectivity index (χ0) is 10.1. The molecule has 1 rings (SSSR count). The van der Waals surface area contributed by atoms with Crippen molar-refractivity contribution in [1.29, 1.82) is 0 Å². The van der Waals surface area contributed by atoms with Crippen LogP contribution in [0.5, 0.6) is 0 Å². The van der Waals surface area contributed by atoms with Crippen LogP contribution in [-0.2, 0) is 15.8 Å². The minimum absolute atomic E-state index is 0.164. The highest BCUT2D eigenvalue weighted by Gasteiger charge is 2.10. The van der Waals surface area contributed by atoms with E-state index < -0.39 is 15.8 Å². The van der Waals surface area contributed by atoms with Crippen LogP contribution in [0.4, 0.5) is 0 Å². The smallest absolute Gasteiger partial charge is 0.214 e. The molecule has 0 aliphatic carbocycles. The summed E-state index contributed by atoms with van der Waals surface area (Å²) in [5, 5.41) is 5.23. The standard InChI is InChI=1S/C6H6Cl2N2O2S/c7-4-1-2-6(8)10-5(4)3-13(9,11)12/h1-2H,3H2,(H2,9,11,12). The molecule has 0 atom stereocenters. The molecular weight excluding hydrogens is 235 g/mol. The third-order valence-electron chi connectivity index (χ3n) is 1.22. The number of nitrogens with two attached hydrogens (primary N) is 1. The molecular formula is C6H6Cl2N2O2S. The van der Waals surface area contributed by atoms with Gasteiger partial charge in [0.15, 0.2) is 0 Å². The largest absolute Gasteiger partial charge is 0.238 e. The highest BCUT2D eigenvalue weighted by molar-refractivity contribution is 7.88. The van der Waals surface area contributed by atoms with Crippen molar-refractivity contribution in [2.45, 2.75) is 5.75 Å². The van der Waals surface area contributed by atoms with Gasteiger partial charge in [0.2, 0.25) is 10.0 Å². The molecule has 0 aliphatic heterocycles. The normalized spacial score (nSPS) is 11.6. The number of primary sulfonamides is 1. The molecule has 0 aliphatic rings. The van der Waals surface area contributed by atoms with Gasteiger partial charge in [-0.3, -0.25) is 0 Å². The Hall–Kier alpha value is -0.360. The van der Waals surface area contributed by atoms with Crippen LogP contribution in [0.1, 0.15) is 5.69 Å². The zero-order valence-electron chi connectivity index (χ0n) is 6.37. The molecule has 4 nitrogen and oxygen atoms in total.